The highest BCUT2D eigenvalue weighted by Crippen LogP contribution is 2.33. The first-order chi connectivity index (χ1) is 9.51. The van der Waals surface area contributed by atoms with Crippen LogP contribution in [0.1, 0.15) is 41.5 Å². The van der Waals surface area contributed by atoms with E-state index in [2.05, 4.69) is 22.6 Å². The van der Waals surface area contributed by atoms with Crippen LogP contribution < -0.4 is 0 Å². The molecule has 1 aliphatic heterocycles. The standard InChI is InChI=1S/C14H23IO6/c1-7-11(19-8(2)16)12(20-9(3)17)10(15)13(18-7)21-14(4,5)6/h7,10-13H,1-6H3/t7-,10-,11-,12-,13+/m0/s1. The zero-order valence-electron chi connectivity index (χ0n) is 13.2. The van der Waals surface area contributed by atoms with E-state index in [1.54, 1.807) is 6.92 Å². The SMILES string of the molecule is CC(=O)O[C@@H]1[C@@H](OC(C)=O)[C@H](I)[C@@H](OC(C)(C)C)O[C@H]1C. The number of hydrogen-bond acceptors (Lipinski definition) is 6. The molecule has 1 fully saturated rings. The van der Waals surface area contributed by atoms with Crippen LogP contribution >= 0.6 is 22.6 Å². The van der Waals surface area contributed by atoms with Crippen LogP contribution in [0.2, 0.25) is 0 Å². The molecule has 0 aromatic carbocycles. The summed E-state index contributed by atoms with van der Waals surface area (Å²) < 4.78 is 22.0. The van der Waals surface area contributed by atoms with Crippen LogP contribution in [0.15, 0.2) is 0 Å². The van der Waals surface area contributed by atoms with E-state index >= 15 is 0 Å². The van der Waals surface area contributed by atoms with Crippen molar-refractivity contribution in [3.8, 4) is 0 Å². The Morgan fingerprint density at radius 3 is 1.95 bits per heavy atom. The fraction of sp³-hybridized carbons (Fsp3) is 0.857. The summed E-state index contributed by atoms with van der Waals surface area (Å²) in [6, 6.07) is 0. The highest BCUT2D eigenvalue weighted by Gasteiger charge is 2.48. The normalized spacial score (nSPS) is 33.4. The molecule has 0 spiro atoms. The van der Waals surface area contributed by atoms with E-state index in [1.807, 2.05) is 20.8 Å². The van der Waals surface area contributed by atoms with Gasteiger partial charge in [0.05, 0.1) is 11.7 Å². The summed E-state index contributed by atoms with van der Waals surface area (Å²) in [6.07, 6.45) is -2.23. The molecule has 1 saturated heterocycles. The Labute approximate surface area is 139 Å². The van der Waals surface area contributed by atoms with Crippen molar-refractivity contribution in [3.63, 3.8) is 0 Å². The van der Waals surface area contributed by atoms with Gasteiger partial charge in [0.2, 0.25) is 0 Å². The lowest BCUT2D eigenvalue weighted by atomic mass is 10.0. The largest absolute Gasteiger partial charge is 0.457 e. The number of alkyl halides is 1. The van der Waals surface area contributed by atoms with Gasteiger partial charge in [0.25, 0.3) is 0 Å². The Morgan fingerprint density at radius 1 is 1.05 bits per heavy atom. The number of hydrogen-bond donors (Lipinski definition) is 0. The van der Waals surface area contributed by atoms with Gasteiger partial charge in [-0.3, -0.25) is 9.59 Å². The van der Waals surface area contributed by atoms with Gasteiger partial charge in [-0.15, -0.1) is 0 Å². The van der Waals surface area contributed by atoms with Gasteiger partial charge < -0.3 is 18.9 Å². The molecule has 1 heterocycles. The topological polar surface area (TPSA) is 71.1 Å². The number of esters is 2. The Kier molecular flexibility index (Phi) is 6.42. The molecule has 0 N–H and O–H groups in total. The number of rotatable bonds is 3. The van der Waals surface area contributed by atoms with Crippen molar-refractivity contribution in [2.24, 2.45) is 0 Å². The Morgan fingerprint density at radius 2 is 1.52 bits per heavy atom. The van der Waals surface area contributed by atoms with Gasteiger partial charge in [-0.25, -0.2) is 0 Å². The Hall–Kier alpha value is -0.410. The Balaban J connectivity index is 2.95. The summed E-state index contributed by atoms with van der Waals surface area (Å²) in [6.45, 7) is 10.2. The molecule has 1 aliphatic rings. The minimum atomic E-state index is -0.645. The Bertz CT molecular complexity index is 391. The van der Waals surface area contributed by atoms with Gasteiger partial charge in [-0.05, 0) is 27.7 Å². The fourth-order valence-electron chi connectivity index (χ4n) is 2.09. The number of carbonyl (C=O) groups is 2. The van der Waals surface area contributed by atoms with E-state index in [4.69, 9.17) is 18.9 Å². The molecular formula is C14H23IO6. The van der Waals surface area contributed by atoms with E-state index in [0.29, 0.717) is 0 Å². The molecule has 0 bridgehead atoms. The van der Waals surface area contributed by atoms with Crippen LogP contribution in [0.3, 0.4) is 0 Å². The quantitative estimate of drug-likeness (QED) is 0.401. The summed E-state index contributed by atoms with van der Waals surface area (Å²) in [5, 5.41) is 0. The molecular weight excluding hydrogens is 391 g/mol. The summed E-state index contributed by atoms with van der Waals surface area (Å²) in [5.74, 6) is -0.867. The molecule has 122 valence electrons. The van der Waals surface area contributed by atoms with Crippen LogP contribution in [0.4, 0.5) is 0 Å². The monoisotopic (exact) mass is 414 g/mol. The van der Waals surface area contributed by atoms with E-state index in [1.165, 1.54) is 13.8 Å². The first-order valence-electron chi connectivity index (χ1n) is 6.83. The molecule has 0 radical (unpaired) electrons. The second-order valence-corrected chi connectivity index (χ2v) is 7.47. The van der Waals surface area contributed by atoms with Crippen molar-refractivity contribution >= 4 is 34.5 Å². The third kappa shape index (κ3) is 5.71. The highest BCUT2D eigenvalue weighted by molar-refractivity contribution is 14.1. The third-order valence-electron chi connectivity index (χ3n) is 2.78. The summed E-state index contributed by atoms with van der Waals surface area (Å²) in [4.78, 5) is 22.6. The van der Waals surface area contributed by atoms with Gasteiger partial charge >= 0.3 is 11.9 Å². The molecule has 0 saturated carbocycles. The molecule has 0 aliphatic carbocycles. The maximum Gasteiger partial charge on any atom is 0.303 e. The van der Waals surface area contributed by atoms with Crippen molar-refractivity contribution in [1.82, 2.24) is 0 Å². The smallest absolute Gasteiger partial charge is 0.303 e. The first kappa shape index (κ1) is 18.6. The maximum atomic E-state index is 11.3. The van der Waals surface area contributed by atoms with E-state index in [-0.39, 0.29) is 3.92 Å². The molecule has 7 heteroatoms. The van der Waals surface area contributed by atoms with Crippen LogP contribution in [0.25, 0.3) is 0 Å². The predicted octanol–water partition coefficient (Wildman–Crippen LogP) is 2.21. The van der Waals surface area contributed by atoms with Crippen molar-refractivity contribution in [2.45, 2.75) is 75.7 Å². The van der Waals surface area contributed by atoms with E-state index in [0.717, 1.165) is 0 Å². The van der Waals surface area contributed by atoms with Gasteiger partial charge in [-0.2, -0.15) is 0 Å². The summed E-state index contributed by atoms with van der Waals surface area (Å²) in [7, 11) is 0. The van der Waals surface area contributed by atoms with Gasteiger partial charge in [0.1, 0.15) is 3.92 Å². The number of carbonyl (C=O) groups excluding carboxylic acids is 2. The number of halogens is 1. The van der Waals surface area contributed by atoms with Gasteiger partial charge in [-0.1, -0.05) is 22.6 Å². The van der Waals surface area contributed by atoms with Crippen LogP contribution in [0, 0.1) is 0 Å². The van der Waals surface area contributed by atoms with Crippen LogP contribution in [0.5, 0.6) is 0 Å². The molecule has 5 atom stereocenters. The van der Waals surface area contributed by atoms with Crippen molar-refractivity contribution in [2.75, 3.05) is 0 Å². The molecule has 0 amide bonds. The van der Waals surface area contributed by atoms with Crippen LogP contribution in [-0.2, 0) is 28.5 Å². The molecule has 21 heavy (non-hydrogen) atoms. The maximum absolute atomic E-state index is 11.3. The van der Waals surface area contributed by atoms with Crippen molar-refractivity contribution in [3.05, 3.63) is 0 Å². The molecule has 0 aromatic rings. The minimum Gasteiger partial charge on any atom is -0.457 e. The molecule has 6 nitrogen and oxygen atoms in total. The minimum absolute atomic E-state index is 0.286. The number of ether oxygens (including phenoxy) is 4. The molecule has 0 aromatic heterocycles. The van der Waals surface area contributed by atoms with Gasteiger partial charge in [0, 0.05) is 13.8 Å². The summed E-state index contributed by atoms with van der Waals surface area (Å²) in [5.41, 5.74) is -0.400. The lowest BCUT2D eigenvalue weighted by Crippen LogP contribution is -2.58. The molecule has 1 rings (SSSR count). The summed E-state index contributed by atoms with van der Waals surface area (Å²) >= 11 is 2.11. The van der Waals surface area contributed by atoms with Gasteiger partial charge in [0.15, 0.2) is 18.5 Å². The molecule has 0 unspecified atom stereocenters. The van der Waals surface area contributed by atoms with E-state index < -0.39 is 42.1 Å². The predicted molar refractivity (Wildman–Crippen MR) is 84.1 cm³/mol. The van der Waals surface area contributed by atoms with Crippen LogP contribution in [-0.4, -0.2) is 46.1 Å². The second-order valence-electron chi connectivity index (χ2n) is 6.03. The lowest BCUT2D eigenvalue weighted by Gasteiger charge is -2.43. The van der Waals surface area contributed by atoms with Crippen molar-refractivity contribution < 1.29 is 28.5 Å². The average Bonchev–Trinajstić information content (AvgIpc) is 2.27. The first-order valence-corrected chi connectivity index (χ1v) is 8.07. The second kappa shape index (κ2) is 7.23. The van der Waals surface area contributed by atoms with Crippen molar-refractivity contribution in [1.29, 1.82) is 0 Å². The highest BCUT2D eigenvalue weighted by atomic mass is 127. The lowest BCUT2D eigenvalue weighted by molar-refractivity contribution is -0.271. The average molecular weight is 414 g/mol. The van der Waals surface area contributed by atoms with E-state index in [9.17, 15) is 9.59 Å². The fourth-order valence-corrected chi connectivity index (χ4v) is 2.96. The zero-order valence-corrected chi connectivity index (χ0v) is 15.4. The third-order valence-corrected chi connectivity index (χ3v) is 4.08. The zero-order chi connectivity index (χ0) is 16.4.